The summed E-state index contributed by atoms with van der Waals surface area (Å²) in [5.41, 5.74) is 5.78. The first-order valence-corrected chi connectivity index (χ1v) is 6.76. The summed E-state index contributed by atoms with van der Waals surface area (Å²) in [5, 5.41) is 9.14. The van der Waals surface area contributed by atoms with Crippen molar-refractivity contribution < 1.29 is 5.11 Å². The molecule has 106 valence electrons. The lowest BCUT2D eigenvalue weighted by atomic mass is 10.3. The number of anilines is 3. The van der Waals surface area contributed by atoms with Crippen LogP contribution < -0.4 is 15.5 Å². The third-order valence-corrected chi connectivity index (χ3v) is 3.24. The van der Waals surface area contributed by atoms with Crippen LogP contribution in [0.4, 0.5) is 17.8 Å². The van der Waals surface area contributed by atoms with Gasteiger partial charge in [-0.05, 0) is 26.7 Å². The monoisotopic (exact) mass is 266 g/mol. The van der Waals surface area contributed by atoms with Crippen molar-refractivity contribution in [1.29, 1.82) is 0 Å². The van der Waals surface area contributed by atoms with Crippen LogP contribution in [0.25, 0.3) is 0 Å². The minimum atomic E-state index is 0.0583. The Morgan fingerprint density at radius 1 is 1.26 bits per heavy atom. The van der Waals surface area contributed by atoms with E-state index in [0.717, 1.165) is 25.9 Å². The molecule has 1 aromatic rings. The van der Waals surface area contributed by atoms with Gasteiger partial charge in [0.15, 0.2) is 0 Å². The smallest absolute Gasteiger partial charge is 0.232 e. The van der Waals surface area contributed by atoms with Gasteiger partial charge in [0.1, 0.15) is 0 Å². The van der Waals surface area contributed by atoms with E-state index < -0.39 is 0 Å². The molecular formula is C12H22N6O. The van der Waals surface area contributed by atoms with Crippen molar-refractivity contribution >= 4 is 17.8 Å². The third-order valence-electron chi connectivity index (χ3n) is 3.24. The number of nitrogen functional groups attached to an aromatic ring is 1. The molecule has 19 heavy (non-hydrogen) atoms. The van der Waals surface area contributed by atoms with E-state index in [2.05, 4.69) is 19.9 Å². The summed E-state index contributed by atoms with van der Waals surface area (Å²) in [6.45, 7) is 6.54. The molecule has 2 rings (SSSR count). The molecule has 7 heteroatoms. The summed E-state index contributed by atoms with van der Waals surface area (Å²) in [5.74, 6) is 1.41. The molecule has 0 bridgehead atoms. The van der Waals surface area contributed by atoms with Gasteiger partial charge in [-0.3, -0.25) is 0 Å². The Hall–Kier alpha value is -1.63. The molecule has 2 heterocycles. The molecular weight excluding hydrogens is 244 g/mol. The summed E-state index contributed by atoms with van der Waals surface area (Å²) in [6, 6.07) is 0.195. The highest BCUT2D eigenvalue weighted by Gasteiger charge is 2.20. The van der Waals surface area contributed by atoms with Gasteiger partial charge in [0.05, 0.1) is 6.61 Å². The van der Waals surface area contributed by atoms with Crippen LogP contribution in [0.1, 0.15) is 26.7 Å². The Bertz CT molecular complexity index is 419. The highest BCUT2D eigenvalue weighted by Crippen LogP contribution is 2.20. The molecule has 1 aliphatic heterocycles. The van der Waals surface area contributed by atoms with Crippen molar-refractivity contribution in [3.8, 4) is 0 Å². The van der Waals surface area contributed by atoms with Crippen LogP contribution in [0.5, 0.6) is 0 Å². The maximum absolute atomic E-state index is 9.14. The van der Waals surface area contributed by atoms with Gasteiger partial charge in [-0.25, -0.2) is 0 Å². The summed E-state index contributed by atoms with van der Waals surface area (Å²) >= 11 is 0. The zero-order valence-corrected chi connectivity index (χ0v) is 11.6. The quantitative estimate of drug-likeness (QED) is 0.790. The normalized spacial score (nSPS) is 15.3. The fourth-order valence-corrected chi connectivity index (χ4v) is 2.25. The third kappa shape index (κ3) is 3.23. The highest BCUT2D eigenvalue weighted by molar-refractivity contribution is 5.44. The number of nitrogens with two attached hydrogens (primary N) is 1. The van der Waals surface area contributed by atoms with E-state index in [4.69, 9.17) is 10.8 Å². The summed E-state index contributed by atoms with van der Waals surface area (Å²) in [6.07, 6.45) is 2.32. The van der Waals surface area contributed by atoms with Crippen LogP contribution in [-0.2, 0) is 0 Å². The Labute approximate surface area is 113 Å². The SMILES string of the molecule is CC(C)N(CCO)c1nc(N)nc(N2CCCC2)n1. The van der Waals surface area contributed by atoms with Crippen molar-refractivity contribution in [3.05, 3.63) is 0 Å². The summed E-state index contributed by atoms with van der Waals surface area (Å²) in [4.78, 5) is 16.9. The van der Waals surface area contributed by atoms with Crippen LogP contribution in [0.2, 0.25) is 0 Å². The lowest BCUT2D eigenvalue weighted by Crippen LogP contribution is -2.35. The molecule has 1 aromatic heterocycles. The second kappa shape index (κ2) is 6.01. The zero-order chi connectivity index (χ0) is 13.8. The van der Waals surface area contributed by atoms with Gasteiger partial charge in [-0.1, -0.05) is 0 Å². The standard InChI is InChI=1S/C12H22N6O/c1-9(2)18(7-8-19)12-15-10(13)14-11(16-12)17-5-3-4-6-17/h9,19H,3-8H2,1-2H3,(H2,13,14,15,16). The predicted octanol–water partition coefficient (Wildman–Crippen LogP) is 0.261. The van der Waals surface area contributed by atoms with E-state index in [-0.39, 0.29) is 18.6 Å². The Kier molecular flexibility index (Phi) is 4.36. The lowest BCUT2D eigenvalue weighted by molar-refractivity contribution is 0.298. The first-order chi connectivity index (χ1) is 9.11. The molecule has 1 aliphatic rings. The Morgan fingerprint density at radius 3 is 2.53 bits per heavy atom. The number of nitrogens with zero attached hydrogens (tertiary/aromatic N) is 5. The minimum Gasteiger partial charge on any atom is -0.395 e. The minimum absolute atomic E-state index is 0.0583. The van der Waals surface area contributed by atoms with E-state index in [1.165, 1.54) is 0 Å². The van der Waals surface area contributed by atoms with Crippen molar-refractivity contribution in [1.82, 2.24) is 15.0 Å². The molecule has 0 amide bonds. The van der Waals surface area contributed by atoms with Crippen LogP contribution in [0.15, 0.2) is 0 Å². The van der Waals surface area contributed by atoms with Gasteiger partial charge in [0.2, 0.25) is 17.8 Å². The topological polar surface area (TPSA) is 91.4 Å². The maximum atomic E-state index is 9.14. The second-order valence-corrected chi connectivity index (χ2v) is 5.00. The summed E-state index contributed by atoms with van der Waals surface area (Å²) < 4.78 is 0. The van der Waals surface area contributed by atoms with Crippen molar-refractivity contribution in [2.45, 2.75) is 32.7 Å². The second-order valence-electron chi connectivity index (χ2n) is 5.00. The van der Waals surface area contributed by atoms with Gasteiger partial charge in [0.25, 0.3) is 0 Å². The van der Waals surface area contributed by atoms with Crippen molar-refractivity contribution in [3.63, 3.8) is 0 Å². The van der Waals surface area contributed by atoms with Gasteiger partial charge in [0, 0.05) is 25.7 Å². The first-order valence-electron chi connectivity index (χ1n) is 6.76. The number of aliphatic hydroxyl groups excluding tert-OH is 1. The summed E-state index contributed by atoms with van der Waals surface area (Å²) in [7, 11) is 0. The molecule has 1 saturated heterocycles. The van der Waals surface area contributed by atoms with E-state index in [0.29, 0.717) is 18.4 Å². The van der Waals surface area contributed by atoms with Crippen molar-refractivity contribution in [2.75, 3.05) is 41.8 Å². The van der Waals surface area contributed by atoms with Crippen LogP contribution in [0.3, 0.4) is 0 Å². The molecule has 0 aliphatic carbocycles. The molecule has 7 nitrogen and oxygen atoms in total. The number of hydrogen-bond donors (Lipinski definition) is 2. The Balaban J connectivity index is 2.28. The lowest BCUT2D eigenvalue weighted by Gasteiger charge is -2.27. The molecule has 0 saturated carbocycles. The van der Waals surface area contributed by atoms with Crippen LogP contribution in [-0.4, -0.2) is 52.3 Å². The molecule has 1 fully saturated rings. The number of rotatable bonds is 5. The maximum Gasteiger partial charge on any atom is 0.232 e. The van der Waals surface area contributed by atoms with E-state index >= 15 is 0 Å². The number of aromatic nitrogens is 3. The fourth-order valence-electron chi connectivity index (χ4n) is 2.25. The van der Waals surface area contributed by atoms with E-state index in [9.17, 15) is 0 Å². The molecule has 0 unspecified atom stereocenters. The Morgan fingerprint density at radius 2 is 1.95 bits per heavy atom. The first kappa shape index (κ1) is 13.8. The molecule has 0 spiro atoms. The van der Waals surface area contributed by atoms with Gasteiger partial charge >= 0.3 is 0 Å². The number of hydrogen-bond acceptors (Lipinski definition) is 7. The average Bonchev–Trinajstić information content (AvgIpc) is 2.88. The molecule has 0 radical (unpaired) electrons. The molecule has 0 atom stereocenters. The zero-order valence-electron chi connectivity index (χ0n) is 11.6. The van der Waals surface area contributed by atoms with Crippen LogP contribution >= 0.6 is 0 Å². The highest BCUT2D eigenvalue weighted by atomic mass is 16.3. The van der Waals surface area contributed by atoms with E-state index in [1.807, 2.05) is 18.7 Å². The van der Waals surface area contributed by atoms with Crippen LogP contribution in [0, 0.1) is 0 Å². The predicted molar refractivity (Wildman–Crippen MR) is 75.3 cm³/mol. The largest absolute Gasteiger partial charge is 0.395 e. The van der Waals surface area contributed by atoms with E-state index in [1.54, 1.807) is 0 Å². The van der Waals surface area contributed by atoms with Gasteiger partial charge in [-0.2, -0.15) is 15.0 Å². The molecule has 3 N–H and O–H groups in total. The molecule has 0 aromatic carbocycles. The van der Waals surface area contributed by atoms with Gasteiger partial charge in [-0.15, -0.1) is 0 Å². The number of aliphatic hydroxyl groups is 1. The van der Waals surface area contributed by atoms with Crippen molar-refractivity contribution in [2.24, 2.45) is 0 Å². The fraction of sp³-hybridized carbons (Fsp3) is 0.750. The average molecular weight is 266 g/mol. The van der Waals surface area contributed by atoms with Gasteiger partial charge < -0.3 is 20.6 Å².